The van der Waals surface area contributed by atoms with Crippen molar-refractivity contribution in [1.82, 2.24) is 77.9 Å². The van der Waals surface area contributed by atoms with E-state index >= 15 is 0 Å². The second-order valence-corrected chi connectivity index (χ2v) is 29.8. The van der Waals surface area contributed by atoms with Crippen LogP contribution < -0.4 is 47.3 Å². The first-order valence-corrected chi connectivity index (χ1v) is 38.9. The van der Waals surface area contributed by atoms with Crippen molar-refractivity contribution in [3.63, 3.8) is 0 Å². The van der Waals surface area contributed by atoms with Crippen molar-refractivity contribution in [2.45, 2.75) is 101 Å². The number of nitrogens with zero attached hydrogens (tertiary/aromatic N) is 18. The molecular formula is C83H89F2N21O7. The largest absolute Gasteiger partial charge is 0.399 e. The molecule has 4 atom stereocenters. The third-order valence-corrected chi connectivity index (χ3v) is 22.7. The number of imidazole rings is 4. The Kier molecular flexibility index (Phi) is 21.5. The summed E-state index contributed by atoms with van der Waals surface area (Å²) >= 11 is 0. The number of rotatable bonds is 18. The number of aromatic nitrogens is 12. The van der Waals surface area contributed by atoms with Crippen molar-refractivity contribution in [2.75, 3.05) is 104 Å². The van der Waals surface area contributed by atoms with Gasteiger partial charge in [-0.15, -0.1) is 10.2 Å². The van der Waals surface area contributed by atoms with Crippen molar-refractivity contribution < 1.29 is 32.8 Å². The highest BCUT2D eigenvalue weighted by Gasteiger charge is 2.35. The number of piperidine rings is 2. The van der Waals surface area contributed by atoms with Gasteiger partial charge in [0.25, 0.3) is 0 Å². The lowest BCUT2D eigenvalue weighted by Crippen LogP contribution is -2.47. The van der Waals surface area contributed by atoms with Gasteiger partial charge in [0.2, 0.25) is 23.6 Å². The summed E-state index contributed by atoms with van der Waals surface area (Å²) in [6.45, 7) is 10.8. The fourth-order valence-corrected chi connectivity index (χ4v) is 16.8. The predicted molar refractivity (Wildman–Crippen MR) is 426 cm³/mol. The van der Waals surface area contributed by atoms with E-state index in [0.717, 1.165) is 209 Å². The number of aryl methyl sites for hydroxylation is 3. The number of amides is 4. The molecule has 0 aliphatic carbocycles. The molecule has 4 amide bonds. The van der Waals surface area contributed by atoms with Crippen LogP contribution in [-0.4, -0.2) is 176 Å². The van der Waals surface area contributed by atoms with Crippen LogP contribution in [0.3, 0.4) is 0 Å². The second kappa shape index (κ2) is 32.6. The Bertz CT molecular complexity index is 5710. The molecule has 8 aromatic heterocycles. The number of halogens is 2. The maximum atomic E-state index is 14.1. The number of carbonyl (C=O) groups is 5. The van der Waals surface area contributed by atoms with Crippen LogP contribution in [0.4, 0.5) is 37.7 Å². The molecule has 14 heterocycles. The second-order valence-electron chi connectivity index (χ2n) is 29.8. The highest BCUT2D eigenvalue weighted by atomic mass is 19.1. The zero-order valence-electron chi connectivity index (χ0n) is 63.1. The van der Waals surface area contributed by atoms with Crippen molar-refractivity contribution in [3.8, 4) is 22.8 Å². The summed E-state index contributed by atoms with van der Waals surface area (Å²) in [5, 5.41) is 14.6. The summed E-state index contributed by atoms with van der Waals surface area (Å²) < 4.78 is 37.7. The van der Waals surface area contributed by atoms with E-state index < -0.39 is 23.9 Å². The first kappa shape index (κ1) is 74.8. The zero-order valence-corrected chi connectivity index (χ0v) is 63.1. The third-order valence-electron chi connectivity index (χ3n) is 22.7. The Morgan fingerprint density at radius 3 is 1.44 bits per heavy atom. The molecule has 6 saturated heterocycles. The number of nitrogens with two attached hydrogens (primary N) is 1. The van der Waals surface area contributed by atoms with Gasteiger partial charge in [0.15, 0.2) is 11.3 Å². The van der Waals surface area contributed by atoms with Crippen LogP contribution in [0.25, 0.3) is 56.1 Å². The van der Waals surface area contributed by atoms with Gasteiger partial charge in [0, 0.05) is 111 Å². The molecule has 6 aliphatic rings. The Labute approximate surface area is 649 Å². The molecule has 30 heteroatoms. The molecule has 582 valence electrons. The summed E-state index contributed by atoms with van der Waals surface area (Å²) in [7, 11) is 3.36. The standard InChI is InChI=1S/C42H45FN10O3.C28H30FN7O.C13H14N4O3/c1-48-35-25-28(13-14-33(35)52(42(48)56)34-15-18-40(54)46-41(34)55)7-2-3-19-49-21-23-50(24-22-49)38-12-5-10-31(45-38)36-27-44-37-16-17-39(47-53(36)37)51-20-6-11-32(51)29-8-4-9-30(43)26-29;29-22-6-1-5-21(19-22)24-8-3-13-35(24)28-11-10-26-30-20-25(36(26)32-28)23-7-2-9-27(31-23)34-16-14-33(15-17-34)12-4-18-37;1-16-10-6-7(14)2-3-8(10)17(13(16)20)9-4-5-11(18)15-12(9)19/h4-5,8-10,12-14,16-17,25-27,32,34H,2-3,6-7,11,15,18-24H2,1H3,(H,46,54,55);1-2,5-7,9-11,18-20,24H,3-4,8,12-17H2;2-3,6,9H,4-5,14H2,1H3,(H,15,18,19)/t32-,34?;24-;/m11./s1. The van der Waals surface area contributed by atoms with E-state index in [1.807, 2.05) is 100 Å². The van der Waals surface area contributed by atoms with E-state index in [0.29, 0.717) is 41.5 Å². The molecule has 0 radical (unpaired) electrons. The summed E-state index contributed by atoms with van der Waals surface area (Å²) in [5.41, 5.74) is 16.5. The Hall–Kier alpha value is -12.3. The number of nitrogen functional groups attached to an aromatic ring is 1. The van der Waals surface area contributed by atoms with Gasteiger partial charge >= 0.3 is 11.4 Å². The molecule has 0 saturated carbocycles. The average molecular weight is 1530 g/mol. The highest BCUT2D eigenvalue weighted by Crippen LogP contribution is 2.39. The lowest BCUT2D eigenvalue weighted by Gasteiger charge is -2.35. The van der Waals surface area contributed by atoms with Crippen LogP contribution in [0, 0.1) is 11.6 Å². The SMILES string of the molecule is Cn1c(=O)n(C2CCC(=O)NC2=O)c2ccc(CCCCN3CCN(c4cccc(-c5cnc6ccc(N7CCC[C@@H]7c7cccc(F)c7)nn56)n4)CC3)cc21.Cn1c(=O)n(C2CCC(=O)NC2=O)c2ccc(N)cc21.O=CCCN1CCN(c2cccc(-c3cnc4ccc(N5CCC[C@@H]5c5cccc(F)c5)nn34)n2)CC1. The summed E-state index contributed by atoms with van der Waals surface area (Å²) in [6, 6.07) is 43.9. The number of nitrogens with one attached hydrogen (secondary N) is 2. The van der Waals surface area contributed by atoms with E-state index in [2.05, 4.69) is 62.1 Å². The Morgan fingerprint density at radius 2 is 0.956 bits per heavy atom. The molecular weight excluding hydrogens is 1440 g/mol. The third kappa shape index (κ3) is 15.6. The molecule has 113 heavy (non-hydrogen) atoms. The molecule has 0 spiro atoms. The number of carbonyl (C=O) groups excluding carboxylic acids is 5. The molecule has 28 nitrogen and oxygen atoms in total. The number of piperazine rings is 2. The first-order valence-electron chi connectivity index (χ1n) is 38.9. The van der Waals surface area contributed by atoms with E-state index in [1.54, 1.807) is 61.1 Å². The fraction of sp³-hybridized carbons (Fsp3) is 0.361. The number of aldehydes is 1. The average Bonchev–Trinajstić information content (AvgIpc) is 1.63. The van der Waals surface area contributed by atoms with E-state index in [4.69, 9.17) is 25.9 Å². The predicted octanol–water partition coefficient (Wildman–Crippen LogP) is 8.93. The lowest BCUT2D eigenvalue weighted by molar-refractivity contribution is -0.137. The molecule has 4 aromatic carbocycles. The number of unbranched alkanes of at least 4 members (excludes halogenated alkanes) is 1. The van der Waals surface area contributed by atoms with Crippen LogP contribution in [0.1, 0.15) is 111 Å². The number of hydrogen-bond acceptors (Lipinski definition) is 20. The lowest BCUT2D eigenvalue weighted by atomic mass is 10.0. The van der Waals surface area contributed by atoms with Gasteiger partial charge in [-0.25, -0.2) is 47.3 Å². The minimum atomic E-state index is -0.678. The maximum Gasteiger partial charge on any atom is 0.329 e. The number of hydrogen-bond donors (Lipinski definition) is 3. The quantitative estimate of drug-likeness (QED) is 0.0312. The molecule has 12 aromatic rings. The maximum absolute atomic E-state index is 14.1. The zero-order chi connectivity index (χ0) is 78.0. The number of anilines is 5. The number of pyridine rings is 2. The van der Waals surface area contributed by atoms with Gasteiger partial charge in [-0.3, -0.25) is 57.9 Å². The molecule has 6 aliphatic heterocycles. The Morgan fingerprint density at radius 1 is 0.478 bits per heavy atom. The molecule has 4 N–H and O–H groups in total. The van der Waals surface area contributed by atoms with Crippen LogP contribution >= 0.6 is 0 Å². The van der Waals surface area contributed by atoms with E-state index in [-0.39, 0.29) is 59.8 Å². The van der Waals surface area contributed by atoms with Crippen molar-refractivity contribution >= 4 is 92.2 Å². The summed E-state index contributed by atoms with van der Waals surface area (Å²) in [4.78, 5) is 117. The van der Waals surface area contributed by atoms with E-state index in [9.17, 15) is 42.3 Å². The van der Waals surface area contributed by atoms with Gasteiger partial charge in [0.05, 0.1) is 57.9 Å². The van der Waals surface area contributed by atoms with Crippen LogP contribution in [0.2, 0.25) is 0 Å². The minimum absolute atomic E-state index is 0.0736. The summed E-state index contributed by atoms with van der Waals surface area (Å²) in [6.07, 6.45) is 13.3. The molecule has 0 bridgehead atoms. The van der Waals surface area contributed by atoms with Gasteiger partial charge in [-0.2, -0.15) is 0 Å². The molecule has 2 unspecified atom stereocenters. The fourth-order valence-electron chi connectivity index (χ4n) is 16.8. The smallest absolute Gasteiger partial charge is 0.329 e. The number of imide groups is 2. The normalized spacial score (nSPS) is 19.1. The van der Waals surface area contributed by atoms with Crippen LogP contribution in [0.15, 0.2) is 168 Å². The monoisotopic (exact) mass is 1530 g/mol. The number of benzene rings is 4. The van der Waals surface area contributed by atoms with Gasteiger partial charge in [0.1, 0.15) is 64.7 Å². The molecule has 6 fully saturated rings. The highest BCUT2D eigenvalue weighted by molar-refractivity contribution is 6.01. The van der Waals surface area contributed by atoms with Gasteiger partial charge < -0.3 is 30.1 Å². The summed E-state index contributed by atoms with van der Waals surface area (Å²) in [5.74, 6) is 1.68. The number of fused-ring (bicyclic) bond motifs is 4. The minimum Gasteiger partial charge on any atom is -0.399 e. The topological polar surface area (TPSA) is 295 Å². The van der Waals surface area contributed by atoms with Crippen molar-refractivity contribution in [2.24, 2.45) is 14.1 Å². The Balaban J connectivity index is 0.000000144. The van der Waals surface area contributed by atoms with Crippen LogP contribution in [0.5, 0.6) is 0 Å². The van der Waals surface area contributed by atoms with Gasteiger partial charge in [-0.1, -0.05) is 42.5 Å². The van der Waals surface area contributed by atoms with Crippen molar-refractivity contribution in [1.29, 1.82) is 0 Å². The van der Waals surface area contributed by atoms with Gasteiger partial charge in [-0.05, 0) is 184 Å². The van der Waals surface area contributed by atoms with Crippen molar-refractivity contribution in [3.05, 3.63) is 207 Å². The molecule has 18 rings (SSSR count). The van der Waals surface area contributed by atoms with Crippen LogP contribution in [-0.2, 0) is 44.5 Å². The first-order chi connectivity index (χ1) is 55.0. The van der Waals surface area contributed by atoms with E-state index in [1.165, 1.54) is 25.8 Å².